The Morgan fingerprint density at radius 1 is 1.14 bits per heavy atom. The Morgan fingerprint density at radius 3 is 2.64 bits per heavy atom. The van der Waals surface area contributed by atoms with Crippen LogP contribution in [0, 0.1) is 0 Å². The highest BCUT2D eigenvalue weighted by Gasteiger charge is 2.07. The summed E-state index contributed by atoms with van der Waals surface area (Å²) < 4.78 is 1.07. The summed E-state index contributed by atoms with van der Waals surface area (Å²) in [5.74, 6) is 0.598. The van der Waals surface area contributed by atoms with E-state index >= 15 is 0 Å². The summed E-state index contributed by atoms with van der Waals surface area (Å²) in [5, 5.41) is 0.618. The highest BCUT2D eigenvalue weighted by atomic mass is 79.9. The smallest absolute Gasteiger partial charge is 0.260 e. The molecule has 1 N–H and O–H groups in total. The van der Waals surface area contributed by atoms with Crippen molar-refractivity contribution in [3.63, 3.8) is 0 Å². The van der Waals surface area contributed by atoms with E-state index in [1.54, 1.807) is 6.07 Å². The van der Waals surface area contributed by atoms with Gasteiger partial charge in [-0.3, -0.25) is 9.78 Å². The fourth-order valence-corrected chi connectivity index (χ4v) is 2.57. The normalized spacial score (nSPS) is 10.8. The van der Waals surface area contributed by atoms with Gasteiger partial charge in [0.2, 0.25) is 5.95 Å². The van der Waals surface area contributed by atoms with Crippen LogP contribution >= 0.6 is 15.9 Å². The lowest BCUT2D eigenvalue weighted by molar-refractivity contribution is 0.839. The topological polar surface area (TPSA) is 49.0 Å². The van der Waals surface area contributed by atoms with Gasteiger partial charge in [-0.25, -0.2) is 4.98 Å². The van der Waals surface area contributed by atoms with Gasteiger partial charge in [-0.1, -0.05) is 40.2 Å². The molecule has 4 nitrogen and oxygen atoms in total. The zero-order valence-corrected chi connectivity index (χ0v) is 13.8. The van der Waals surface area contributed by atoms with E-state index in [2.05, 4.69) is 38.0 Å². The Labute approximate surface area is 136 Å². The minimum Gasteiger partial charge on any atom is -0.345 e. The van der Waals surface area contributed by atoms with Crippen molar-refractivity contribution in [1.29, 1.82) is 0 Å². The molecule has 1 heterocycles. The van der Waals surface area contributed by atoms with Crippen LogP contribution in [0.5, 0.6) is 0 Å². The molecule has 0 amide bonds. The summed E-state index contributed by atoms with van der Waals surface area (Å²) >= 11 is 3.43. The monoisotopic (exact) mass is 357 g/mol. The molecule has 0 bridgehead atoms. The van der Waals surface area contributed by atoms with Crippen LogP contribution in [0.25, 0.3) is 10.9 Å². The molecule has 0 aliphatic carbocycles. The van der Waals surface area contributed by atoms with E-state index in [0.717, 1.165) is 23.0 Å². The second kappa shape index (κ2) is 6.32. The van der Waals surface area contributed by atoms with Gasteiger partial charge in [0.25, 0.3) is 5.56 Å². The molecule has 3 aromatic rings. The van der Waals surface area contributed by atoms with Crippen molar-refractivity contribution >= 4 is 32.8 Å². The minimum atomic E-state index is -0.101. The maximum Gasteiger partial charge on any atom is 0.260 e. The van der Waals surface area contributed by atoms with Crippen LogP contribution in [0.4, 0.5) is 5.95 Å². The van der Waals surface area contributed by atoms with Crippen molar-refractivity contribution in [3.05, 3.63) is 68.9 Å². The SMILES string of the molecule is CN(CCc1ccc(Br)cc1)c1nc2ccccc2c(=O)[nH]1. The summed E-state index contributed by atoms with van der Waals surface area (Å²) in [6.07, 6.45) is 0.889. The fraction of sp³-hybridized carbons (Fsp3) is 0.176. The van der Waals surface area contributed by atoms with Crippen LogP contribution in [0.15, 0.2) is 57.8 Å². The van der Waals surface area contributed by atoms with Gasteiger partial charge in [-0.2, -0.15) is 0 Å². The molecule has 0 saturated heterocycles. The average Bonchev–Trinajstić information content (AvgIpc) is 2.54. The molecule has 22 heavy (non-hydrogen) atoms. The highest BCUT2D eigenvalue weighted by Crippen LogP contribution is 2.13. The molecule has 0 fully saturated rings. The Bertz CT molecular complexity index is 842. The van der Waals surface area contributed by atoms with E-state index in [0.29, 0.717) is 11.3 Å². The first kappa shape index (κ1) is 14.8. The zero-order chi connectivity index (χ0) is 15.5. The Balaban J connectivity index is 1.78. The van der Waals surface area contributed by atoms with E-state index in [4.69, 9.17) is 0 Å². The molecule has 0 aliphatic heterocycles. The quantitative estimate of drug-likeness (QED) is 0.778. The van der Waals surface area contributed by atoms with Crippen molar-refractivity contribution < 1.29 is 0 Å². The van der Waals surface area contributed by atoms with Gasteiger partial charge in [-0.05, 0) is 36.2 Å². The van der Waals surface area contributed by atoms with Crippen LogP contribution in [0.1, 0.15) is 5.56 Å². The second-order valence-electron chi connectivity index (χ2n) is 5.20. The van der Waals surface area contributed by atoms with Crippen molar-refractivity contribution in [1.82, 2.24) is 9.97 Å². The summed E-state index contributed by atoms with van der Waals surface area (Å²) in [6.45, 7) is 0.781. The van der Waals surface area contributed by atoms with Gasteiger partial charge >= 0.3 is 0 Å². The first-order chi connectivity index (χ1) is 10.6. The summed E-state index contributed by atoms with van der Waals surface area (Å²) in [7, 11) is 1.94. The van der Waals surface area contributed by atoms with Crippen LogP contribution in [0.2, 0.25) is 0 Å². The number of rotatable bonds is 4. The molecule has 0 saturated carbocycles. The molecule has 2 aromatic carbocycles. The first-order valence-electron chi connectivity index (χ1n) is 7.08. The molecule has 1 aromatic heterocycles. The van der Waals surface area contributed by atoms with Crippen LogP contribution in [0.3, 0.4) is 0 Å². The fourth-order valence-electron chi connectivity index (χ4n) is 2.31. The number of H-pyrrole nitrogens is 1. The summed E-state index contributed by atoms with van der Waals surface area (Å²) in [6, 6.07) is 15.6. The number of likely N-dealkylation sites (N-methyl/N-ethyl adjacent to an activating group) is 1. The number of hydrogen-bond donors (Lipinski definition) is 1. The van der Waals surface area contributed by atoms with Gasteiger partial charge in [-0.15, -0.1) is 0 Å². The zero-order valence-electron chi connectivity index (χ0n) is 12.2. The van der Waals surface area contributed by atoms with Crippen LogP contribution in [-0.2, 0) is 6.42 Å². The molecular weight excluding hydrogens is 342 g/mol. The third-order valence-electron chi connectivity index (χ3n) is 3.61. The Kier molecular flexibility index (Phi) is 4.24. The molecule has 3 rings (SSSR count). The number of nitrogens with one attached hydrogen (secondary N) is 1. The molecule has 5 heteroatoms. The predicted octanol–water partition coefficient (Wildman–Crippen LogP) is 3.36. The molecule has 0 atom stereocenters. The number of aromatic nitrogens is 2. The number of hydrogen-bond acceptors (Lipinski definition) is 3. The van der Waals surface area contributed by atoms with E-state index in [1.807, 2.05) is 42.3 Å². The molecule has 0 radical (unpaired) electrons. The lowest BCUT2D eigenvalue weighted by Crippen LogP contribution is -2.25. The highest BCUT2D eigenvalue weighted by molar-refractivity contribution is 9.10. The third kappa shape index (κ3) is 3.20. The van der Waals surface area contributed by atoms with Crippen molar-refractivity contribution in [2.75, 3.05) is 18.5 Å². The van der Waals surface area contributed by atoms with E-state index in [9.17, 15) is 4.79 Å². The van der Waals surface area contributed by atoms with Crippen LogP contribution in [-0.4, -0.2) is 23.6 Å². The molecule has 0 aliphatic rings. The molecule has 0 spiro atoms. The number of aromatic amines is 1. The molecule has 0 unspecified atom stereocenters. The van der Waals surface area contributed by atoms with Gasteiger partial charge in [0.1, 0.15) is 0 Å². The molecular formula is C17H16BrN3O. The predicted molar refractivity (Wildman–Crippen MR) is 93.5 cm³/mol. The van der Waals surface area contributed by atoms with Crippen LogP contribution < -0.4 is 10.5 Å². The van der Waals surface area contributed by atoms with E-state index in [1.165, 1.54) is 5.56 Å². The largest absolute Gasteiger partial charge is 0.345 e. The number of anilines is 1. The average molecular weight is 358 g/mol. The second-order valence-corrected chi connectivity index (χ2v) is 6.12. The minimum absolute atomic E-state index is 0.101. The molecule has 112 valence electrons. The summed E-state index contributed by atoms with van der Waals surface area (Å²) in [5.41, 5.74) is 1.87. The van der Waals surface area contributed by atoms with Gasteiger partial charge in [0, 0.05) is 18.1 Å². The number of halogens is 1. The van der Waals surface area contributed by atoms with Crippen molar-refractivity contribution in [2.45, 2.75) is 6.42 Å². The number of benzene rings is 2. The van der Waals surface area contributed by atoms with Gasteiger partial charge < -0.3 is 4.90 Å². The number of para-hydroxylation sites is 1. The third-order valence-corrected chi connectivity index (χ3v) is 4.14. The maximum absolute atomic E-state index is 12.1. The maximum atomic E-state index is 12.1. The number of fused-ring (bicyclic) bond motifs is 1. The first-order valence-corrected chi connectivity index (χ1v) is 7.87. The van der Waals surface area contributed by atoms with Gasteiger partial charge in [0.05, 0.1) is 10.9 Å². The van der Waals surface area contributed by atoms with E-state index in [-0.39, 0.29) is 5.56 Å². The Hall–Kier alpha value is -2.14. The van der Waals surface area contributed by atoms with Crippen molar-refractivity contribution in [3.8, 4) is 0 Å². The number of nitrogens with zero attached hydrogens (tertiary/aromatic N) is 2. The lowest BCUT2D eigenvalue weighted by Gasteiger charge is -2.17. The Morgan fingerprint density at radius 2 is 1.86 bits per heavy atom. The summed E-state index contributed by atoms with van der Waals surface area (Å²) in [4.78, 5) is 21.4. The van der Waals surface area contributed by atoms with Crippen molar-refractivity contribution in [2.24, 2.45) is 0 Å². The lowest BCUT2D eigenvalue weighted by atomic mass is 10.1. The van der Waals surface area contributed by atoms with Gasteiger partial charge in [0.15, 0.2) is 0 Å². The van der Waals surface area contributed by atoms with E-state index < -0.39 is 0 Å². The standard InChI is InChI=1S/C17H16BrN3O/c1-21(11-10-12-6-8-13(18)9-7-12)17-19-15-5-3-2-4-14(15)16(22)20-17/h2-9H,10-11H2,1H3,(H,19,20,22).